The van der Waals surface area contributed by atoms with E-state index >= 15 is 0 Å². The highest BCUT2D eigenvalue weighted by molar-refractivity contribution is 6.11. The first kappa shape index (κ1) is 38.5. The van der Waals surface area contributed by atoms with E-state index < -0.39 is 47.7 Å². The van der Waals surface area contributed by atoms with E-state index in [1.807, 2.05) is 60.7 Å². The number of hydrogen-bond donors (Lipinski definition) is 2. The standard InChI is InChI=1S/2C20H21NO4/c2*1-14(18(22)16-11-7-4-8-12-16)19(23)21-17(20(24)25-2)13-15-9-5-3-6-10-15/h2*3-12,14,17H,13H2,1-2H3,(H,21,23)/t2*14-,17+/m10/s1. The molecule has 0 aliphatic heterocycles. The van der Waals surface area contributed by atoms with Gasteiger partial charge in [-0.15, -0.1) is 0 Å². The van der Waals surface area contributed by atoms with Gasteiger partial charge in [-0.25, -0.2) is 9.59 Å². The Labute approximate surface area is 292 Å². The van der Waals surface area contributed by atoms with E-state index in [2.05, 4.69) is 10.6 Å². The predicted octanol–water partition coefficient (Wildman–Crippen LogP) is 4.81. The first-order valence-corrected chi connectivity index (χ1v) is 16.1. The van der Waals surface area contributed by atoms with E-state index in [0.717, 1.165) is 11.1 Å². The number of ether oxygens (including phenoxy) is 2. The monoisotopic (exact) mass is 678 g/mol. The molecule has 4 aromatic rings. The van der Waals surface area contributed by atoms with Gasteiger partial charge in [-0.3, -0.25) is 19.2 Å². The first-order valence-electron chi connectivity index (χ1n) is 16.1. The molecule has 0 aliphatic carbocycles. The first-order chi connectivity index (χ1) is 24.0. The lowest BCUT2D eigenvalue weighted by Gasteiger charge is -2.19. The normalized spacial score (nSPS) is 12.7. The Bertz CT molecular complexity index is 1580. The largest absolute Gasteiger partial charge is 0.467 e. The van der Waals surface area contributed by atoms with E-state index in [1.54, 1.807) is 60.7 Å². The van der Waals surface area contributed by atoms with Crippen LogP contribution in [0.1, 0.15) is 45.7 Å². The molecule has 2 amide bonds. The number of hydrogen-bond acceptors (Lipinski definition) is 8. The highest BCUT2D eigenvalue weighted by Crippen LogP contribution is 2.12. The molecule has 0 aliphatic rings. The Balaban J connectivity index is 0.000000270. The second-order valence-corrected chi connectivity index (χ2v) is 11.5. The Morgan fingerprint density at radius 2 is 0.760 bits per heavy atom. The fourth-order valence-corrected chi connectivity index (χ4v) is 4.91. The van der Waals surface area contributed by atoms with Crippen molar-refractivity contribution >= 4 is 35.3 Å². The number of benzene rings is 4. The summed E-state index contributed by atoms with van der Waals surface area (Å²) in [6, 6.07) is 34.1. The van der Waals surface area contributed by atoms with Gasteiger partial charge in [0.2, 0.25) is 11.8 Å². The van der Waals surface area contributed by atoms with Crippen molar-refractivity contribution in [1.29, 1.82) is 0 Å². The summed E-state index contributed by atoms with van der Waals surface area (Å²) >= 11 is 0. The molecule has 0 radical (unpaired) electrons. The number of carbonyl (C=O) groups excluding carboxylic acids is 6. The summed E-state index contributed by atoms with van der Waals surface area (Å²) in [5.74, 6) is -4.47. The van der Waals surface area contributed by atoms with Crippen molar-refractivity contribution in [3.05, 3.63) is 144 Å². The minimum absolute atomic E-state index is 0.290. The minimum Gasteiger partial charge on any atom is -0.467 e. The molecule has 4 aromatic carbocycles. The predicted molar refractivity (Wildman–Crippen MR) is 188 cm³/mol. The zero-order valence-corrected chi connectivity index (χ0v) is 28.5. The summed E-state index contributed by atoms with van der Waals surface area (Å²) in [7, 11) is 2.54. The van der Waals surface area contributed by atoms with Crippen LogP contribution in [0.25, 0.3) is 0 Å². The number of ketones is 2. The molecule has 0 spiro atoms. The van der Waals surface area contributed by atoms with Crippen LogP contribution in [0.3, 0.4) is 0 Å². The lowest BCUT2D eigenvalue weighted by molar-refractivity contribution is -0.145. The van der Waals surface area contributed by atoms with Crippen molar-refractivity contribution in [2.75, 3.05) is 14.2 Å². The Hall–Kier alpha value is -5.90. The molecule has 10 heteroatoms. The van der Waals surface area contributed by atoms with Gasteiger partial charge in [0.05, 0.1) is 26.1 Å². The summed E-state index contributed by atoms with van der Waals surface area (Å²) in [5.41, 5.74) is 2.70. The zero-order valence-electron chi connectivity index (χ0n) is 28.5. The van der Waals surface area contributed by atoms with Gasteiger partial charge in [0, 0.05) is 24.0 Å². The number of carbonyl (C=O) groups is 6. The van der Waals surface area contributed by atoms with Gasteiger partial charge in [-0.1, -0.05) is 121 Å². The molecule has 0 saturated carbocycles. The highest BCUT2D eigenvalue weighted by Gasteiger charge is 2.29. The van der Waals surface area contributed by atoms with Crippen molar-refractivity contribution in [2.24, 2.45) is 11.8 Å². The van der Waals surface area contributed by atoms with Crippen LogP contribution >= 0.6 is 0 Å². The van der Waals surface area contributed by atoms with Crippen LogP contribution in [-0.2, 0) is 41.5 Å². The topological polar surface area (TPSA) is 145 Å². The number of Topliss-reactive ketones (excluding diaryl/α,β-unsaturated/α-hetero) is 2. The zero-order chi connectivity index (χ0) is 36.5. The van der Waals surface area contributed by atoms with E-state index in [9.17, 15) is 28.8 Å². The SMILES string of the molecule is COC(=O)[C@@H](Cc1ccccc1)NC(=O)[C@@H](C)C(=O)c1ccccc1.COC(=O)[C@H](Cc1ccccc1)NC(=O)[C@H](C)C(=O)c1ccccc1. The van der Waals surface area contributed by atoms with E-state index in [4.69, 9.17) is 9.47 Å². The lowest BCUT2D eigenvalue weighted by atomic mass is 9.97. The van der Waals surface area contributed by atoms with Crippen LogP contribution in [0.5, 0.6) is 0 Å². The second kappa shape index (κ2) is 19.8. The number of nitrogens with one attached hydrogen (secondary N) is 2. The summed E-state index contributed by atoms with van der Waals surface area (Å²) in [4.78, 5) is 73.6. The third-order valence-electron chi connectivity index (χ3n) is 7.86. The van der Waals surface area contributed by atoms with Crippen LogP contribution in [0, 0.1) is 11.8 Å². The maximum atomic E-state index is 12.4. The van der Waals surface area contributed by atoms with Crippen LogP contribution in [-0.4, -0.2) is 61.6 Å². The van der Waals surface area contributed by atoms with E-state index in [-0.39, 0.29) is 11.6 Å². The summed E-state index contributed by atoms with van der Waals surface area (Å²) in [6.07, 6.45) is 0.594. The molecule has 4 rings (SSSR count). The van der Waals surface area contributed by atoms with Gasteiger partial charge in [0.1, 0.15) is 12.1 Å². The van der Waals surface area contributed by atoms with Gasteiger partial charge < -0.3 is 20.1 Å². The Kier molecular flexibility index (Phi) is 15.3. The van der Waals surface area contributed by atoms with Crippen molar-refractivity contribution in [2.45, 2.75) is 38.8 Å². The molecule has 10 nitrogen and oxygen atoms in total. The van der Waals surface area contributed by atoms with Gasteiger partial charge in [0.25, 0.3) is 0 Å². The lowest BCUT2D eigenvalue weighted by Crippen LogP contribution is -2.46. The molecule has 260 valence electrons. The summed E-state index contributed by atoms with van der Waals surface area (Å²) in [5, 5.41) is 5.26. The average molecular weight is 679 g/mol. The molecule has 0 fully saturated rings. The smallest absolute Gasteiger partial charge is 0.328 e. The van der Waals surface area contributed by atoms with Gasteiger partial charge in [-0.2, -0.15) is 0 Å². The summed E-state index contributed by atoms with van der Waals surface area (Å²) in [6.45, 7) is 3.06. The fraction of sp³-hybridized carbons (Fsp3) is 0.250. The maximum Gasteiger partial charge on any atom is 0.328 e. The van der Waals surface area contributed by atoms with E-state index in [0.29, 0.717) is 24.0 Å². The van der Waals surface area contributed by atoms with Crippen LogP contribution in [0.4, 0.5) is 0 Å². The maximum absolute atomic E-state index is 12.4. The molecule has 4 atom stereocenters. The molecule has 0 unspecified atom stereocenters. The molecule has 0 saturated heterocycles. The van der Waals surface area contributed by atoms with Gasteiger partial charge in [0.15, 0.2) is 11.6 Å². The average Bonchev–Trinajstić information content (AvgIpc) is 3.17. The van der Waals surface area contributed by atoms with Gasteiger partial charge >= 0.3 is 11.9 Å². The van der Waals surface area contributed by atoms with Crippen LogP contribution in [0.2, 0.25) is 0 Å². The Morgan fingerprint density at radius 1 is 0.480 bits per heavy atom. The van der Waals surface area contributed by atoms with Crippen molar-refractivity contribution in [3.8, 4) is 0 Å². The fourth-order valence-electron chi connectivity index (χ4n) is 4.91. The van der Waals surface area contributed by atoms with Crippen LogP contribution < -0.4 is 10.6 Å². The number of rotatable bonds is 14. The highest BCUT2D eigenvalue weighted by atomic mass is 16.5. The van der Waals surface area contributed by atoms with Crippen molar-refractivity contribution in [1.82, 2.24) is 10.6 Å². The molecule has 2 N–H and O–H groups in total. The molecule has 0 aromatic heterocycles. The molecule has 50 heavy (non-hydrogen) atoms. The van der Waals surface area contributed by atoms with Crippen molar-refractivity contribution in [3.63, 3.8) is 0 Å². The molecule has 0 bridgehead atoms. The Morgan fingerprint density at radius 3 is 1.04 bits per heavy atom. The number of esters is 2. The van der Waals surface area contributed by atoms with E-state index in [1.165, 1.54) is 28.1 Å². The molecular formula is C40H42N2O8. The summed E-state index contributed by atoms with van der Waals surface area (Å²) < 4.78 is 9.54. The van der Waals surface area contributed by atoms with Gasteiger partial charge in [-0.05, 0) is 25.0 Å². The molecular weight excluding hydrogens is 636 g/mol. The number of methoxy groups -OCH3 is 2. The third-order valence-corrected chi connectivity index (χ3v) is 7.86. The third kappa shape index (κ3) is 11.7. The minimum atomic E-state index is -0.898. The molecule has 0 heterocycles. The quantitative estimate of drug-likeness (QED) is 0.110. The van der Waals surface area contributed by atoms with Crippen LogP contribution in [0.15, 0.2) is 121 Å². The van der Waals surface area contributed by atoms with Crippen molar-refractivity contribution < 1.29 is 38.2 Å². The number of amides is 2. The second-order valence-electron chi connectivity index (χ2n) is 11.5.